The van der Waals surface area contributed by atoms with E-state index < -0.39 is 5.56 Å². The number of aromatic amines is 1. The van der Waals surface area contributed by atoms with Gasteiger partial charge in [-0.25, -0.2) is 4.68 Å². The number of carbonyl (C=O) groups excluding carboxylic acids is 2. The van der Waals surface area contributed by atoms with Gasteiger partial charge in [-0.05, 0) is 31.4 Å². The molecule has 0 unspecified atom stereocenters. The molecule has 0 saturated heterocycles. The highest BCUT2D eigenvalue weighted by Crippen LogP contribution is 2.27. The van der Waals surface area contributed by atoms with Gasteiger partial charge in [-0.3, -0.25) is 19.5 Å². The third-order valence-electron chi connectivity index (χ3n) is 6.09. The van der Waals surface area contributed by atoms with E-state index in [1.807, 2.05) is 67.6 Å². The van der Waals surface area contributed by atoms with E-state index >= 15 is 0 Å². The van der Waals surface area contributed by atoms with Crippen molar-refractivity contribution in [3.05, 3.63) is 76.6 Å². The molecule has 0 bridgehead atoms. The van der Waals surface area contributed by atoms with Crippen LogP contribution in [0.2, 0.25) is 0 Å². The van der Waals surface area contributed by atoms with E-state index in [0.29, 0.717) is 17.9 Å². The molecule has 0 aliphatic heterocycles. The molecule has 1 amide bonds. The second-order valence-corrected chi connectivity index (χ2v) is 8.37. The summed E-state index contributed by atoms with van der Waals surface area (Å²) in [7, 11) is 0. The van der Waals surface area contributed by atoms with Crippen molar-refractivity contribution in [2.45, 2.75) is 39.0 Å². The topological polar surface area (TPSA) is 75.2 Å². The lowest BCUT2D eigenvalue weighted by molar-refractivity contribution is -0.134. The highest BCUT2D eigenvalue weighted by molar-refractivity contribution is 6.04. The number of hydrogen-bond acceptors (Lipinski definition) is 3. The molecule has 0 spiro atoms. The number of nitrogens with zero attached hydrogens (tertiary/aromatic N) is 2. The van der Waals surface area contributed by atoms with E-state index in [9.17, 15) is 14.4 Å². The fourth-order valence-electron chi connectivity index (χ4n) is 4.49. The minimum Gasteiger partial charge on any atom is -0.335 e. The Morgan fingerprint density at radius 2 is 1.62 bits per heavy atom. The monoisotopic (exact) mass is 431 g/mol. The number of H-pyrrole nitrogens is 1. The number of rotatable bonds is 8. The van der Waals surface area contributed by atoms with Crippen molar-refractivity contribution in [1.29, 1.82) is 0 Å². The van der Waals surface area contributed by atoms with Gasteiger partial charge in [-0.2, -0.15) is 0 Å². The van der Waals surface area contributed by atoms with Crippen molar-refractivity contribution in [2.24, 2.45) is 5.92 Å². The minimum absolute atomic E-state index is 0.00450. The molecule has 0 atom stereocenters. The van der Waals surface area contributed by atoms with Gasteiger partial charge in [0.15, 0.2) is 5.78 Å². The molecular formula is C26H29N3O3. The maximum absolute atomic E-state index is 13.5. The second-order valence-electron chi connectivity index (χ2n) is 8.37. The van der Waals surface area contributed by atoms with Gasteiger partial charge in [0.25, 0.3) is 5.56 Å². The molecule has 1 aromatic heterocycles. The lowest BCUT2D eigenvalue weighted by Crippen LogP contribution is -2.40. The van der Waals surface area contributed by atoms with Crippen LogP contribution in [-0.4, -0.2) is 39.5 Å². The van der Waals surface area contributed by atoms with Crippen LogP contribution in [0.5, 0.6) is 0 Å². The van der Waals surface area contributed by atoms with Crippen molar-refractivity contribution >= 4 is 11.7 Å². The fourth-order valence-corrected chi connectivity index (χ4v) is 4.49. The van der Waals surface area contributed by atoms with Gasteiger partial charge in [0.1, 0.15) is 5.56 Å². The summed E-state index contributed by atoms with van der Waals surface area (Å²) in [6.07, 6.45) is 4.64. The number of nitrogens with one attached hydrogen (secondary N) is 1. The van der Waals surface area contributed by atoms with Gasteiger partial charge in [-0.15, -0.1) is 0 Å². The molecule has 1 fully saturated rings. The third-order valence-corrected chi connectivity index (χ3v) is 6.09. The summed E-state index contributed by atoms with van der Waals surface area (Å²) in [6, 6.07) is 18.5. The Morgan fingerprint density at radius 1 is 1.00 bits per heavy atom. The number of carbonyl (C=O) groups is 2. The van der Waals surface area contributed by atoms with E-state index in [0.717, 1.165) is 37.7 Å². The molecule has 6 heteroatoms. The zero-order valence-electron chi connectivity index (χ0n) is 18.4. The normalized spacial score (nSPS) is 13.9. The van der Waals surface area contributed by atoms with E-state index in [2.05, 4.69) is 5.10 Å². The van der Waals surface area contributed by atoms with Crippen LogP contribution < -0.4 is 5.56 Å². The molecule has 1 aliphatic carbocycles. The van der Waals surface area contributed by atoms with Gasteiger partial charge in [0.2, 0.25) is 5.91 Å². The van der Waals surface area contributed by atoms with Gasteiger partial charge in [0.05, 0.1) is 17.9 Å². The number of benzene rings is 2. The zero-order valence-corrected chi connectivity index (χ0v) is 18.4. The highest BCUT2D eigenvalue weighted by atomic mass is 16.2. The van der Waals surface area contributed by atoms with Crippen molar-refractivity contribution in [1.82, 2.24) is 14.7 Å². The smallest absolute Gasteiger partial charge is 0.282 e. The molecule has 0 radical (unpaired) electrons. The van der Waals surface area contributed by atoms with Gasteiger partial charge < -0.3 is 4.90 Å². The SMILES string of the molecule is CCCN(CC(=O)c1c(-c2ccccc2)[nH]n(-c2ccccc2)c1=O)C(=O)C1CCCC1. The van der Waals surface area contributed by atoms with E-state index in [-0.39, 0.29) is 29.7 Å². The van der Waals surface area contributed by atoms with Crippen LogP contribution in [0.3, 0.4) is 0 Å². The summed E-state index contributed by atoms with van der Waals surface area (Å²) >= 11 is 0. The lowest BCUT2D eigenvalue weighted by atomic mass is 10.0. The Labute approximate surface area is 187 Å². The van der Waals surface area contributed by atoms with Crippen molar-refractivity contribution in [3.63, 3.8) is 0 Å². The van der Waals surface area contributed by atoms with Crippen molar-refractivity contribution in [2.75, 3.05) is 13.1 Å². The second kappa shape index (κ2) is 9.81. The fraction of sp³-hybridized carbons (Fsp3) is 0.346. The number of ketones is 1. The van der Waals surface area contributed by atoms with Crippen molar-refractivity contribution in [3.8, 4) is 16.9 Å². The Hall–Kier alpha value is -3.41. The summed E-state index contributed by atoms with van der Waals surface area (Å²) in [6.45, 7) is 2.43. The predicted octanol–water partition coefficient (Wildman–Crippen LogP) is 4.44. The summed E-state index contributed by atoms with van der Waals surface area (Å²) in [5.74, 6) is -0.299. The molecule has 1 heterocycles. The first-order chi connectivity index (χ1) is 15.6. The van der Waals surface area contributed by atoms with Crippen LogP contribution in [0.25, 0.3) is 16.9 Å². The van der Waals surface area contributed by atoms with Gasteiger partial charge in [-0.1, -0.05) is 68.3 Å². The van der Waals surface area contributed by atoms with Crippen LogP contribution in [0, 0.1) is 5.92 Å². The number of para-hydroxylation sites is 1. The van der Waals surface area contributed by atoms with Gasteiger partial charge in [0, 0.05) is 18.0 Å². The number of Topliss-reactive ketones (excluding diaryl/α,β-unsaturated/α-hetero) is 1. The zero-order chi connectivity index (χ0) is 22.5. The third kappa shape index (κ3) is 4.44. The largest absolute Gasteiger partial charge is 0.335 e. The molecule has 32 heavy (non-hydrogen) atoms. The number of amides is 1. The predicted molar refractivity (Wildman–Crippen MR) is 125 cm³/mol. The van der Waals surface area contributed by atoms with Crippen LogP contribution in [0.15, 0.2) is 65.5 Å². The first kappa shape index (κ1) is 21.8. The Kier molecular flexibility index (Phi) is 6.69. The van der Waals surface area contributed by atoms with Gasteiger partial charge >= 0.3 is 0 Å². The quantitative estimate of drug-likeness (QED) is 0.536. The summed E-state index contributed by atoms with van der Waals surface area (Å²) in [5.41, 5.74) is 1.59. The van der Waals surface area contributed by atoms with E-state index in [1.54, 1.807) is 4.90 Å². The average molecular weight is 432 g/mol. The molecule has 2 aromatic carbocycles. The molecule has 1 saturated carbocycles. The number of aromatic nitrogens is 2. The Balaban J connectivity index is 1.72. The molecule has 6 nitrogen and oxygen atoms in total. The molecular weight excluding hydrogens is 402 g/mol. The molecule has 3 aromatic rings. The van der Waals surface area contributed by atoms with E-state index in [1.165, 1.54) is 4.68 Å². The van der Waals surface area contributed by atoms with Crippen LogP contribution in [0.1, 0.15) is 49.4 Å². The first-order valence-electron chi connectivity index (χ1n) is 11.4. The first-order valence-corrected chi connectivity index (χ1v) is 11.4. The number of hydrogen-bond donors (Lipinski definition) is 1. The van der Waals surface area contributed by atoms with E-state index in [4.69, 9.17) is 0 Å². The van der Waals surface area contributed by atoms with Crippen LogP contribution in [0.4, 0.5) is 0 Å². The average Bonchev–Trinajstić information content (AvgIpc) is 3.48. The minimum atomic E-state index is -0.398. The highest BCUT2D eigenvalue weighted by Gasteiger charge is 2.30. The Bertz CT molecular complexity index is 1130. The summed E-state index contributed by atoms with van der Waals surface area (Å²) in [4.78, 5) is 41.6. The van der Waals surface area contributed by atoms with Crippen LogP contribution >= 0.6 is 0 Å². The molecule has 1 N–H and O–H groups in total. The lowest BCUT2D eigenvalue weighted by Gasteiger charge is -2.24. The standard InChI is InChI=1S/C26H29N3O3/c1-2-17-28(25(31)20-13-9-10-14-20)18-22(30)23-24(19-11-5-3-6-12-19)27-29(26(23)32)21-15-7-4-8-16-21/h3-8,11-12,15-16,20,27H,2,9-10,13-14,17-18H2,1H3. The molecule has 4 rings (SSSR count). The molecule has 166 valence electrons. The maximum atomic E-state index is 13.5. The summed E-state index contributed by atoms with van der Waals surface area (Å²) in [5, 5.41) is 3.13. The maximum Gasteiger partial charge on any atom is 0.282 e. The van der Waals surface area contributed by atoms with Crippen LogP contribution in [-0.2, 0) is 4.79 Å². The summed E-state index contributed by atoms with van der Waals surface area (Å²) < 4.78 is 1.40. The Morgan fingerprint density at radius 3 is 2.25 bits per heavy atom. The molecule has 1 aliphatic rings. The van der Waals surface area contributed by atoms with Crippen molar-refractivity contribution < 1.29 is 9.59 Å².